The zero-order valence-corrected chi connectivity index (χ0v) is 17.4. The Balaban J connectivity index is 1.20. The van der Waals surface area contributed by atoms with Crippen molar-refractivity contribution in [2.75, 3.05) is 49.5 Å². The molecule has 30 heavy (non-hydrogen) atoms. The number of pyridine rings is 1. The molecule has 1 unspecified atom stereocenters. The Morgan fingerprint density at radius 2 is 1.90 bits per heavy atom. The van der Waals surface area contributed by atoms with Crippen LogP contribution in [0, 0.1) is 0 Å². The highest BCUT2D eigenvalue weighted by molar-refractivity contribution is 5.89. The van der Waals surface area contributed by atoms with Gasteiger partial charge in [0, 0.05) is 39.3 Å². The van der Waals surface area contributed by atoms with Crippen molar-refractivity contribution in [2.24, 2.45) is 0 Å². The molecule has 2 amide bonds. The molecule has 0 radical (unpaired) electrons. The van der Waals surface area contributed by atoms with Crippen LogP contribution in [0.2, 0.25) is 0 Å². The van der Waals surface area contributed by atoms with Gasteiger partial charge in [-0.05, 0) is 37.0 Å². The summed E-state index contributed by atoms with van der Waals surface area (Å²) in [5.41, 5.74) is 1.99. The zero-order valence-electron chi connectivity index (χ0n) is 17.4. The highest BCUT2D eigenvalue weighted by Gasteiger charge is 2.21. The summed E-state index contributed by atoms with van der Waals surface area (Å²) in [5.74, 6) is 0.981. The van der Waals surface area contributed by atoms with Crippen LogP contribution in [0.25, 0.3) is 0 Å². The third-order valence-electron chi connectivity index (χ3n) is 5.65. The van der Waals surface area contributed by atoms with Crippen molar-refractivity contribution in [3.05, 3.63) is 54.2 Å². The molecule has 2 aromatic rings. The third kappa shape index (κ3) is 5.93. The summed E-state index contributed by atoms with van der Waals surface area (Å²) in [6, 6.07) is 14.1. The van der Waals surface area contributed by atoms with E-state index in [1.807, 2.05) is 18.2 Å². The minimum atomic E-state index is -0.230. The summed E-state index contributed by atoms with van der Waals surface area (Å²) in [6.45, 7) is 5.90. The number of morpholine rings is 1. The van der Waals surface area contributed by atoms with E-state index in [9.17, 15) is 4.79 Å². The van der Waals surface area contributed by atoms with E-state index >= 15 is 0 Å². The van der Waals surface area contributed by atoms with E-state index in [1.165, 1.54) is 24.8 Å². The first-order chi connectivity index (χ1) is 14.8. The molecule has 0 aliphatic carbocycles. The molecule has 0 bridgehead atoms. The minimum Gasteiger partial charge on any atom is -0.374 e. The molecular weight excluding hydrogens is 378 g/mol. The quantitative estimate of drug-likeness (QED) is 0.767. The van der Waals surface area contributed by atoms with E-state index in [-0.39, 0.29) is 12.1 Å². The Bertz CT molecular complexity index is 793. The van der Waals surface area contributed by atoms with Crippen LogP contribution in [-0.4, -0.2) is 61.3 Å². The van der Waals surface area contributed by atoms with E-state index < -0.39 is 0 Å². The number of urea groups is 1. The van der Waals surface area contributed by atoms with Gasteiger partial charge in [0.25, 0.3) is 0 Å². The Morgan fingerprint density at radius 3 is 2.67 bits per heavy atom. The Kier molecular flexibility index (Phi) is 7.16. The van der Waals surface area contributed by atoms with Crippen molar-refractivity contribution in [1.82, 2.24) is 15.2 Å². The van der Waals surface area contributed by atoms with Crippen LogP contribution in [0.3, 0.4) is 0 Å². The van der Waals surface area contributed by atoms with Crippen LogP contribution in [-0.2, 0) is 11.3 Å². The van der Waals surface area contributed by atoms with Gasteiger partial charge in [-0.15, -0.1) is 0 Å². The Morgan fingerprint density at radius 1 is 1.07 bits per heavy atom. The van der Waals surface area contributed by atoms with Gasteiger partial charge in [0.05, 0.1) is 24.6 Å². The Labute approximate surface area is 178 Å². The maximum absolute atomic E-state index is 12.3. The summed E-state index contributed by atoms with van der Waals surface area (Å²) in [4.78, 5) is 21.5. The van der Waals surface area contributed by atoms with Crippen molar-refractivity contribution in [2.45, 2.75) is 31.9 Å². The summed E-state index contributed by atoms with van der Waals surface area (Å²) in [5, 5.41) is 5.79. The lowest BCUT2D eigenvalue weighted by atomic mass is 10.1. The molecule has 1 aromatic heterocycles. The van der Waals surface area contributed by atoms with Gasteiger partial charge < -0.3 is 20.3 Å². The molecule has 1 atom stereocenters. The van der Waals surface area contributed by atoms with Gasteiger partial charge in [0.15, 0.2) is 0 Å². The predicted molar refractivity (Wildman–Crippen MR) is 119 cm³/mol. The molecule has 2 N–H and O–H groups in total. The number of hydrogen-bond acceptors (Lipinski definition) is 5. The maximum Gasteiger partial charge on any atom is 0.319 e. The highest BCUT2D eigenvalue weighted by Crippen LogP contribution is 2.19. The van der Waals surface area contributed by atoms with E-state index in [1.54, 1.807) is 6.20 Å². The highest BCUT2D eigenvalue weighted by atomic mass is 16.5. The van der Waals surface area contributed by atoms with Gasteiger partial charge >= 0.3 is 6.03 Å². The lowest BCUT2D eigenvalue weighted by Crippen LogP contribution is -2.47. The molecule has 0 spiro atoms. The van der Waals surface area contributed by atoms with E-state index in [0.29, 0.717) is 18.8 Å². The summed E-state index contributed by atoms with van der Waals surface area (Å²) in [7, 11) is 0. The van der Waals surface area contributed by atoms with Crippen molar-refractivity contribution in [3.8, 4) is 0 Å². The average molecular weight is 410 g/mol. The van der Waals surface area contributed by atoms with Gasteiger partial charge in [-0.25, -0.2) is 9.78 Å². The SMILES string of the molecule is O=C(NCC1CN(Cc2ccccc2)CCO1)Nc1ccc(N2CCCCC2)nc1. The lowest BCUT2D eigenvalue weighted by Gasteiger charge is -2.33. The number of nitrogens with zero attached hydrogens (tertiary/aromatic N) is 3. The van der Waals surface area contributed by atoms with Gasteiger partial charge in [-0.1, -0.05) is 30.3 Å². The summed E-state index contributed by atoms with van der Waals surface area (Å²) in [6.07, 6.45) is 5.45. The van der Waals surface area contributed by atoms with Gasteiger partial charge in [0.1, 0.15) is 5.82 Å². The van der Waals surface area contributed by atoms with Crippen LogP contribution < -0.4 is 15.5 Å². The minimum absolute atomic E-state index is 0.00665. The van der Waals surface area contributed by atoms with Gasteiger partial charge in [-0.3, -0.25) is 4.90 Å². The molecule has 2 fully saturated rings. The molecule has 2 aliphatic heterocycles. The maximum atomic E-state index is 12.3. The number of benzene rings is 1. The molecular formula is C23H31N5O2. The number of carbonyl (C=O) groups is 1. The molecule has 2 aliphatic rings. The average Bonchev–Trinajstić information content (AvgIpc) is 2.80. The molecule has 1 aromatic carbocycles. The molecule has 0 saturated carbocycles. The van der Waals surface area contributed by atoms with Crippen LogP contribution in [0.15, 0.2) is 48.7 Å². The number of anilines is 2. The molecule has 7 nitrogen and oxygen atoms in total. The number of rotatable bonds is 6. The number of nitrogens with one attached hydrogen (secondary N) is 2. The second-order valence-electron chi connectivity index (χ2n) is 8.00. The first kappa shape index (κ1) is 20.6. The molecule has 2 saturated heterocycles. The first-order valence-electron chi connectivity index (χ1n) is 10.9. The predicted octanol–water partition coefficient (Wildman–Crippen LogP) is 3.09. The standard InChI is InChI=1S/C23H31N5O2/c29-23(26-20-9-10-22(24-15-20)28-11-5-2-6-12-28)25-16-21-18-27(13-14-30-21)17-19-7-3-1-4-8-19/h1,3-4,7-10,15,21H,2,5-6,11-14,16-18H2,(H2,25,26,29). The second kappa shape index (κ2) is 10.4. The fourth-order valence-electron chi connectivity index (χ4n) is 4.04. The molecule has 160 valence electrons. The van der Waals surface area contributed by atoms with Crippen LogP contribution in [0.5, 0.6) is 0 Å². The fraction of sp³-hybridized carbons (Fsp3) is 0.478. The van der Waals surface area contributed by atoms with E-state index in [2.05, 4.69) is 49.7 Å². The van der Waals surface area contributed by atoms with E-state index in [0.717, 1.165) is 38.5 Å². The first-order valence-corrected chi connectivity index (χ1v) is 10.9. The van der Waals surface area contributed by atoms with Crippen LogP contribution in [0.4, 0.5) is 16.3 Å². The smallest absolute Gasteiger partial charge is 0.319 e. The lowest BCUT2D eigenvalue weighted by molar-refractivity contribution is -0.0285. The number of amides is 2. The number of carbonyl (C=O) groups excluding carboxylic acids is 1. The van der Waals surface area contributed by atoms with Crippen molar-refractivity contribution in [3.63, 3.8) is 0 Å². The van der Waals surface area contributed by atoms with Gasteiger partial charge in [-0.2, -0.15) is 0 Å². The third-order valence-corrected chi connectivity index (χ3v) is 5.65. The van der Waals surface area contributed by atoms with Crippen LogP contribution >= 0.6 is 0 Å². The zero-order chi connectivity index (χ0) is 20.6. The number of aromatic nitrogens is 1. The van der Waals surface area contributed by atoms with E-state index in [4.69, 9.17) is 4.74 Å². The largest absolute Gasteiger partial charge is 0.374 e. The fourth-order valence-corrected chi connectivity index (χ4v) is 4.04. The molecule has 3 heterocycles. The van der Waals surface area contributed by atoms with Crippen molar-refractivity contribution >= 4 is 17.5 Å². The topological polar surface area (TPSA) is 69.7 Å². The monoisotopic (exact) mass is 409 g/mol. The normalized spacial score (nSPS) is 20.0. The molecule has 4 rings (SSSR count). The number of hydrogen-bond donors (Lipinski definition) is 2. The van der Waals surface area contributed by atoms with Crippen molar-refractivity contribution < 1.29 is 9.53 Å². The summed E-state index contributed by atoms with van der Waals surface area (Å²) >= 11 is 0. The second-order valence-corrected chi connectivity index (χ2v) is 8.00. The van der Waals surface area contributed by atoms with Crippen LogP contribution in [0.1, 0.15) is 24.8 Å². The summed E-state index contributed by atoms with van der Waals surface area (Å²) < 4.78 is 5.83. The van der Waals surface area contributed by atoms with Crippen molar-refractivity contribution in [1.29, 1.82) is 0 Å². The van der Waals surface area contributed by atoms with Gasteiger partial charge in [0.2, 0.25) is 0 Å². The number of ether oxygens (including phenoxy) is 1. The Hall–Kier alpha value is -2.64. The number of piperidine rings is 1. The molecule has 7 heteroatoms.